The van der Waals surface area contributed by atoms with Gasteiger partial charge in [-0.05, 0) is 6.07 Å². The summed E-state index contributed by atoms with van der Waals surface area (Å²) in [5.74, 6) is -1.45. The summed E-state index contributed by atoms with van der Waals surface area (Å²) in [6.07, 6.45) is -1.17. The quantitative estimate of drug-likeness (QED) is 0.740. The van der Waals surface area contributed by atoms with Crippen molar-refractivity contribution in [2.75, 3.05) is 0 Å². The molecule has 0 fully saturated rings. The molecule has 0 bridgehead atoms. The van der Waals surface area contributed by atoms with Gasteiger partial charge in [0.15, 0.2) is 0 Å². The fourth-order valence-corrected chi connectivity index (χ4v) is 3.02. The van der Waals surface area contributed by atoms with E-state index in [-0.39, 0.29) is 10.7 Å². The Balaban J connectivity index is 1.99. The topological polar surface area (TPSA) is 74.3 Å². The van der Waals surface area contributed by atoms with Gasteiger partial charge in [-0.2, -0.15) is 0 Å². The molecule has 0 saturated carbocycles. The van der Waals surface area contributed by atoms with Crippen LogP contribution in [0, 0.1) is 0 Å². The molecule has 1 atom stereocenters. The van der Waals surface area contributed by atoms with E-state index < -0.39 is 18.0 Å². The number of fused-ring (bicyclic) bond motifs is 1. The van der Waals surface area contributed by atoms with Gasteiger partial charge in [-0.15, -0.1) is 0 Å². The SMILES string of the molecule is Cn1c(C(=O)O[C@@H](C(N)=O)c2ccccc2)c(Cl)c2ccccc21. The highest BCUT2D eigenvalue weighted by molar-refractivity contribution is 6.38. The van der Waals surface area contributed by atoms with Gasteiger partial charge < -0.3 is 15.0 Å². The number of rotatable bonds is 4. The lowest BCUT2D eigenvalue weighted by Crippen LogP contribution is -2.27. The van der Waals surface area contributed by atoms with E-state index in [0.29, 0.717) is 5.56 Å². The summed E-state index contributed by atoms with van der Waals surface area (Å²) in [6.45, 7) is 0. The van der Waals surface area contributed by atoms with Crippen molar-refractivity contribution in [2.45, 2.75) is 6.10 Å². The third-order valence-electron chi connectivity index (χ3n) is 3.82. The molecule has 0 saturated heterocycles. The van der Waals surface area contributed by atoms with Gasteiger partial charge >= 0.3 is 5.97 Å². The Morgan fingerprint density at radius 1 is 1.08 bits per heavy atom. The second kappa shape index (κ2) is 6.37. The van der Waals surface area contributed by atoms with Gasteiger partial charge in [0.05, 0.1) is 5.02 Å². The normalized spacial score (nSPS) is 12.1. The molecule has 0 radical (unpaired) electrons. The number of carbonyl (C=O) groups is 2. The molecule has 3 aromatic rings. The first-order chi connectivity index (χ1) is 11.5. The number of halogens is 1. The van der Waals surface area contributed by atoms with Crippen LogP contribution in [0.15, 0.2) is 54.6 Å². The van der Waals surface area contributed by atoms with Crippen molar-refractivity contribution in [3.8, 4) is 0 Å². The number of nitrogens with two attached hydrogens (primary N) is 1. The molecule has 1 heterocycles. The zero-order valence-corrected chi connectivity index (χ0v) is 13.7. The summed E-state index contributed by atoms with van der Waals surface area (Å²) in [5.41, 5.74) is 6.87. The van der Waals surface area contributed by atoms with Crippen LogP contribution in [0.2, 0.25) is 5.02 Å². The highest BCUT2D eigenvalue weighted by atomic mass is 35.5. The van der Waals surface area contributed by atoms with E-state index >= 15 is 0 Å². The van der Waals surface area contributed by atoms with Crippen LogP contribution >= 0.6 is 11.6 Å². The predicted octanol–water partition coefficient (Wildman–Crippen LogP) is 3.22. The van der Waals surface area contributed by atoms with Crippen molar-refractivity contribution in [1.82, 2.24) is 4.57 Å². The second-order valence-electron chi connectivity index (χ2n) is 5.34. The van der Waals surface area contributed by atoms with E-state index in [1.807, 2.05) is 24.3 Å². The van der Waals surface area contributed by atoms with E-state index in [4.69, 9.17) is 22.1 Å². The Labute approximate surface area is 143 Å². The van der Waals surface area contributed by atoms with E-state index in [0.717, 1.165) is 10.9 Å². The van der Waals surface area contributed by atoms with Crippen molar-refractivity contribution in [3.63, 3.8) is 0 Å². The number of hydrogen-bond acceptors (Lipinski definition) is 3. The molecule has 122 valence electrons. The molecule has 6 heteroatoms. The summed E-state index contributed by atoms with van der Waals surface area (Å²) >= 11 is 6.33. The predicted molar refractivity (Wildman–Crippen MR) is 91.7 cm³/mol. The third kappa shape index (κ3) is 2.74. The number of carbonyl (C=O) groups excluding carboxylic acids is 2. The molecule has 0 spiro atoms. The lowest BCUT2D eigenvalue weighted by molar-refractivity contribution is -0.127. The Kier molecular flexibility index (Phi) is 4.27. The lowest BCUT2D eigenvalue weighted by atomic mass is 10.1. The maximum absolute atomic E-state index is 12.6. The molecule has 24 heavy (non-hydrogen) atoms. The van der Waals surface area contributed by atoms with Crippen molar-refractivity contribution in [3.05, 3.63) is 70.9 Å². The molecule has 0 aliphatic carbocycles. The van der Waals surface area contributed by atoms with Gasteiger partial charge in [-0.3, -0.25) is 4.79 Å². The largest absolute Gasteiger partial charge is 0.443 e. The molecule has 2 aromatic carbocycles. The minimum Gasteiger partial charge on any atom is -0.443 e. The van der Waals surface area contributed by atoms with Gasteiger partial charge in [0.2, 0.25) is 6.10 Å². The van der Waals surface area contributed by atoms with E-state index in [1.54, 1.807) is 41.9 Å². The minimum atomic E-state index is -1.17. The van der Waals surface area contributed by atoms with Crippen LogP contribution in [0.4, 0.5) is 0 Å². The van der Waals surface area contributed by atoms with Crippen molar-refractivity contribution in [1.29, 1.82) is 0 Å². The maximum atomic E-state index is 12.6. The summed E-state index contributed by atoms with van der Waals surface area (Å²) in [7, 11) is 1.71. The first kappa shape index (κ1) is 16.1. The first-order valence-electron chi connectivity index (χ1n) is 7.29. The van der Waals surface area contributed by atoms with E-state index in [2.05, 4.69) is 0 Å². The summed E-state index contributed by atoms with van der Waals surface area (Å²) in [5, 5.41) is 1.03. The molecular weight excluding hydrogens is 328 g/mol. The molecule has 2 N–H and O–H groups in total. The lowest BCUT2D eigenvalue weighted by Gasteiger charge is -2.15. The Morgan fingerprint density at radius 2 is 1.71 bits per heavy atom. The number of aromatic nitrogens is 1. The Bertz CT molecular complexity index is 880. The van der Waals surface area contributed by atoms with Crippen LogP contribution in [-0.4, -0.2) is 16.4 Å². The number of ether oxygens (including phenoxy) is 1. The standard InChI is InChI=1S/C18H15ClN2O3/c1-21-13-10-6-5-9-12(13)14(19)15(21)18(23)24-16(17(20)22)11-7-3-2-4-8-11/h2-10,16H,1H3,(H2,20,22)/t16-/m1/s1. The number of para-hydroxylation sites is 1. The molecule has 1 aromatic heterocycles. The molecule has 5 nitrogen and oxygen atoms in total. The molecular formula is C18H15ClN2O3. The fraction of sp³-hybridized carbons (Fsp3) is 0.111. The molecule has 3 rings (SSSR count). The molecule has 0 unspecified atom stereocenters. The monoisotopic (exact) mass is 342 g/mol. The average Bonchev–Trinajstić information content (AvgIpc) is 2.84. The third-order valence-corrected chi connectivity index (χ3v) is 4.21. The van der Waals surface area contributed by atoms with Gasteiger partial charge in [0.1, 0.15) is 5.69 Å². The number of hydrogen-bond donors (Lipinski definition) is 1. The molecule has 1 amide bonds. The fourth-order valence-electron chi connectivity index (χ4n) is 2.65. The van der Waals surface area contributed by atoms with Crippen LogP contribution in [-0.2, 0) is 16.6 Å². The number of benzene rings is 2. The number of amides is 1. The Morgan fingerprint density at radius 3 is 2.33 bits per heavy atom. The van der Waals surface area contributed by atoms with E-state index in [9.17, 15) is 9.59 Å². The van der Waals surface area contributed by atoms with Gasteiger partial charge in [-0.25, -0.2) is 4.79 Å². The van der Waals surface area contributed by atoms with E-state index in [1.165, 1.54) is 0 Å². The summed E-state index contributed by atoms with van der Waals surface area (Å²) in [6, 6.07) is 16.0. The van der Waals surface area contributed by atoms with Crippen LogP contribution in [0.5, 0.6) is 0 Å². The highest BCUT2D eigenvalue weighted by Gasteiger charge is 2.27. The number of primary amides is 1. The summed E-state index contributed by atoms with van der Waals surface area (Å²) < 4.78 is 7.00. The Hall–Kier alpha value is -2.79. The van der Waals surface area contributed by atoms with Crippen LogP contribution in [0.1, 0.15) is 22.2 Å². The maximum Gasteiger partial charge on any atom is 0.357 e. The molecule has 0 aliphatic heterocycles. The zero-order chi connectivity index (χ0) is 17.3. The number of aryl methyl sites for hydroxylation is 1. The average molecular weight is 343 g/mol. The van der Waals surface area contributed by atoms with Gasteiger partial charge in [0, 0.05) is 23.5 Å². The number of nitrogens with zero attached hydrogens (tertiary/aromatic N) is 1. The zero-order valence-electron chi connectivity index (χ0n) is 12.9. The van der Waals surface area contributed by atoms with Crippen molar-refractivity contribution >= 4 is 34.4 Å². The second-order valence-corrected chi connectivity index (χ2v) is 5.72. The van der Waals surface area contributed by atoms with Crippen LogP contribution in [0.25, 0.3) is 10.9 Å². The van der Waals surface area contributed by atoms with Gasteiger partial charge in [0.25, 0.3) is 5.91 Å². The minimum absolute atomic E-state index is 0.181. The van der Waals surface area contributed by atoms with Gasteiger partial charge in [-0.1, -0.05) is 60.1 Å². The first-order valence-corrected chi connectivity index (χ1v) is 7.66. The van der Waals surface area contributed by atoms with Crippen LogP contribution < -0.4 is 5.73 Å². The highest BCUT2D eigenvalue weighted by Crippen LogP contribution is 2.31. The van der Waals surface area contributed by atoms with Crippen LogP contribution in [0.3, 0.4) is 0 Å². The van der Waals surface area contributed by atoms with Crippen molar-refractivity contribution in [2.24, 2.45) is 12.8 Å². The van der Waals surface area contributed by atoms with Crippen molar-refractivity contribution < 1.29 is 14.3 Å². The number of esters is 1. The smallest absolute Gasteiger partial charge is 0.357 e. The summed E-state index contributed by atoms with van der Waals surface area (Å²) in [4.78, 5) is 24.3. The molecule has 0 aliphatic rings.